The van der Waals surface area contributed by atoms with E-state index in [9.17, 15) is 13.6 Å². The minimum atomic E-state index is -0.844. The van der Waals surface area contributed by atoms with Gasteiger partial charge in [0.25, 0.3) is 5.91 Å². The van der Waals surface area contributed by atoms with Gasteiger partial charge in [-0.2, -0.15) is 0 Å². The maximum Gasteiger partial charge on any atom is 0.276 e. The van der Waals surface area contributed by atoms with E-state index in [1.165, 1.54) is 18.5 Å². The average Bonchev–Trinajstić information content (AvgIpc) is 3.28. The van der Waals surface area contributed by atoms with Crippen LogP contribution in [0.4, 0.5) is 20.3 Å². The summed E-state index contributed by atoms with van der Waals surface area (Å²) in [6, 6.07) is 3.77. The smallest absolute Gasteiger partial charge is 0.276 e. The van der Waals surface area contributed by atoms with Gasteiger partial charge in [0.15, 0.2) is 0 Å². The predicted molar refractivity (Wildman–Crippen MR) is 73.0 cm³/mol. The molecule has 1 aliphatic carbocycles. The fourth-order valence-electron chi connectivity index (χ4n) is 1.75. The highest BCUT2D eigenvalue weighted by Crippen LogP contribution is 2.23. The first-order chi connectivity index (χ1) is 10.1. The van der Waals surface area contributed by atoms with Crippen molar-refractivity contribution in [3.63, 3.8) is 0 Å². The Morgan fingerprint density at radius 1 is 1.14 bits per heavy atom. The van der Waals surface area contributed by atoms with Crippen molar-refractivity contribution in [2.75, 3.05) is 10.6 Å². The second-order valence-corrected chi connectivity index (χ2v) is 4.76. The molecule has 0 aliphatic heterocycles. The van der Waals surface area contributed by atoms with Crippen LogP contribution in [0, 0.1) is 11.6 Å². The third-order valence-electron chi connectivity index (χ3n) is 3.02. The quantitative estimate of drug-likeness (QED) is 0.908. The highest BCUT2D eigenvalue weighted by molar-refractivity contribution is 6.02. The summed E-state index contributed by atoms with van der Waals surface area (Å²) in [5.41, 5.74) is -0.511. The lowest BCUT2D eigenvalue weighted by Gasteiger charge is -2.07. The van der Waals surface area contributed by atoms with Crippen LogP contribution in [-0.4, -0.2) is 21.9 Å². The number of benzene rings is 1. The minimum Gasteiger partial charge on any atom is -0.366 e. The van der Waals surface area contributed by atoms with Crippen LogP contribution in [0.5, 0.6) is 0 Å². The van der Waals surface area contributed by atoms with Gasteiger partial charge in [-0.05, 0) is 25.0 Å². The first-order valence-electron chi connectivity index (χ1n) is 6.47. The van der Waals surface area contributed by atoms with Crippen molar-refractivity contribution in [3.05, 3.63) is 47.9 Å². The molecule has 0 saturated heterocycles. The monoisotopic (exact) mass is 290 g/mol. The maximum absolute atomic E-state index is 13.4. The number of amides is 1. The summed E-state index contributed by atoms with van der Waals surface area (Å²) in [5, 5.41) is 5.28. The predicted octanol–water partition coefficient (Wildman–Crippen LogP) is 2.58. The van der Waals surface area contributed by atoms with Crippen molar-refractivity contribution in [2.24, 2.45) is 0 Å². The second kappa shape index (κ2) is 5.43. The van der Waals surface area contributed by atoms with E-state index in [0.717, 1.165) is 25.0 Å². The van der Waals surface area contributed by atoms with Gasteiger partial charge in [-0.25, -0.2) is 18.7 Å². The van der Waals surface area contributed by atoms with E-state index < -0.39 is 23.2 Å². The molecule has 3 rings (SSSR count). The largest absolute Gasteiger partial charge is 0.366 e. The van der Waals surface area contributed by atoms with Crippen molar-refractivity contribution in [1.29, 1.82) is 0 Å². The van der Waals surface area contributed by atoms with Crippen LogP contribution in [0.25, 0.3) is 0 Å². The number of aromatic nitrogens is 2. The Morgan fingerprint density at radius 3 is 2.43 bits per heavy atom. The molecule has 5 nitrogen and oxygen atoms in total. The number of anilines is 2. The van der Waals surface area contributed by atoms with Gasteiger partial charge in [-0.15, -0.1) is 0 Å². The van der Waals surface area contributed by atoms with Crippen LogP contribution >= 0.6 is 0 Å². The Bertz CT molecular complexity index is 651. The molecule has 1 aromatic heterocycles. The Morgan fingerprint density at radius 2 is 1.86 bits per heavy atom. The van der Waals surface area contributed by atoms with Gasteiger partial charge >= 0.3 is 0 Å². The third kappa shape index (κ3) is 3.13. The number of rotatable bonds is 4. The van der Waals surface area contributed by atoms with Crippen LogP contribution in [0.3, 0.4) is 0 Å². The Balaban J connectivity index is 1.72. The normalized spacial score (nSPS) is 13.8. The van der Waals surface area contributed by atoms with Gasteiger partial charge in [0.1, 0.15) is 28.8 Å². The van der Waals surface area contributed by atoms with Gasteiger partial charge in [-0.3, -0.25) is 4.79 Å². The molecular weight excluding hydrogens is 278 g/mol. The molecule has 1 amide bonds. The zero-order valence-electron chi connectivity index (χ0n) is 10.9. The fraction of sp³-hybridized carbons (Fsp3) is 0.214. The Kier molecular flexibility index (Phi) is 3.47. The molecule has 2 N–H and O–H groups in total. The molecular formula is C14H12F2N4O. The van der Waals surface area contributed by atoms with Crippen molar-refractivity contribution in [2.45, 2.75) is 18.9 Å². The van der Waals surface area contributed by atoms with Crippen molar-refractivity contribution >= 4 is 17.4 Å². The van der Waals surface area contributed by atoms with Crippen LogP contribution in [-0.2, 0) is 0 Å². The molecule has 1 aromatic carbocycles. The topological polar surface area (TPSA) is 66.9 Å². The van der Waals surface area contributed by atoms with Gasteiger partial charge in [0, 0.05) is 6.04 Å². The summed E-state index contributed by atoms with van der Waals surface area (Å²) in [4.78, 5) is 19.9. The number of halogens is 2. The first-order valence-corrected chi connectivity index (χ1v) is 6.47. The Labute approximate surface area is 119 Å². The average molecular weight is 290 g/mol. The van der Waals surface area contributed by atoms with Crippen molar-refractivity contribution < 1.29 is 13.6 Å². The van der Waals surface area contributed by atoms with E-state index >= 15 is 0 Å². The molecule has 7 heteroatoms. The van der Waals surface area contributed by atoms with E-state index in [0.29, 0.717) is 11.9 Å². The number of nitrogens with one attached hydrogen (secondary N) is 2. The third-order valence-corrected chi connectivity index (χ3v) is 3.02. The molecule has 0 atom stereocenters. The van der Waals surface area contributed by atoms with Gasteiger partial charge in [0.05, 0.1) is 12.4 Å². The molecule has 2 aromatic rings. The lowest BCUT2D eigenvalue weighted by molar-refractivity contribution is 0.102. The van der Waals surface area contributed by atoms with E-state index in [4.69, 9.17) is 0 Å². The van der Waals surface area contributed by atoms with Crippen LogP contribution in [0.1, 0.15) is 23.3 Å². The summed E-state index contributed by atoms with van der Waals surface area (Å²) >= 11 is 0. The van der Waals surface area contributed by atoms with Crippen molar-refractivity contribution in [1.82, 2.24) is 9.97 Å². The number of nitrogens with zero attached hydrogens (tertiary/aromatic N) is 2. The number of hydrogen-bond donors (Lipinski definition) is 2. The van der Waals surface area contributed by atoms with Gasteiger partial charge in [-0.1, -0.05) is 6.07 Å². The zero-order valence-corrected chi connectivity index (χ0v) is 10.9. The van der Waals surface area contributed by atoms with E-state index in [1.54, 1.807) is 0 Å². The van der Waals surface area contributed by atoms with Crippen LogP contribution in [0.2, 0.25) is 0 Å². The van der Waals surface area contributed by atoms with Gasteiger partial charge < -0.3 is 10.6 Å². The second-order valence-electron chi connectivity index (χ2n) is 4.76. The highest BCUT2D eigenvalue weighted by Gasteiger charge is 2.21. The molecule has 1 heterocycles. The molecule has 0 spiro atoms. The summed E-state index contributed by atoms with van der Waals surface area (Å²) in [5.74, 6) is -1.83. The summed E-state index contributed by atoms with van der Waals surface area (Å²) < 4.78 is 26.9. The zero-order chi connectivity index (χ0) is 14.8. The van der Waals surface area contributed by atoms with E-state index in [1.807, 2.05) is 0 Å². The van der Waals surface area contributed by atoms with Gasteiger partial charge in [0.2, 0.25) is 0 Å². The Hall–Kier alpha value is -2.57. The van der Waals surface area contributed by atoms with E-state index in [-0.39, 0.29) is 5.69 Å². The first kappa shape index (κ1) is 13.4. The number of hydrogen-bond acceptors (Lipinski definition) is 4. The number of carbonyl (C=O) groups excluding carboxylic acids is 1. The number of carbonyl (C=O) groups is 1. The number of para-hydroxylation sites is 1. The molecule has 0 unspecified atom stereocenters. The molecule has 21 heavy (non-hydrogen) atoms. The highest BCUT2D eigenvalue weighted by atomic mass is 19.1. The molecule has 108 valence electrons. The molecule has 0 radical (unpaired) electrons. The lowest BCUT2D eigenvalue weighted by Crippen LogP contribution is -2.16. The summed E-state index contributed by atoms with van der Waals surface area (Å²) in [6.07, 6.45) is 4.87. The van der Waals surface area contributed by atoms with Crippen LogP contribution in [0.15, 0.2) is 30.6 Å². The SMILES string of the molecule is O=C(Nc1c(F)cccc1F)c1cnc(NC2CC2)cn1. The molecule has 0 bridgehead atoms. The molecule has 1 saturated carbocycles. The van der Waals surface area contributed by atoms with Crippen LogP contribution < -0.4 is 10.6 Å². The lowest BCUT2D eigenvalue weighted by atomic mass is 10.3. The van der Waals surface area contributed by atoms with E-state index in [2.05, 4.69) is 20.6 Å². The summed E-state index contributed by atoms with van der Waals surface area (Å²) in [7, 11) is 0. The fourth-order valence-corrected chi connectivity index (χ4v) is 1.75. The standard InChI is InChI=1S/C14H12F2N4O/c15-9-2-1-3-10(16)13(9)20-14(21)11-6-18-12(7-17-11)19-8-4-5-8/h1-3,6-8H,4-5H2,(H,18,19)(H,20,21). The summed E-state index contributed by atoms with van der Waals surface area (Å²) in [6.45, 7) is 0. The minimum absolute atomic E-state index is 0.0148. The van der Waals surface area contributed by atoms with Crippen molar-refractivity contribution in [3.8, 4) is 0 Å². The molecule has 1 aliphatic rings. The molecule has 1 fully saturated rings. The maximum atomic E-state index is 13.4.